The van der Waals surface area contributed by atoms with E-state index in [1.807, 2.05) is 18.2 Å². The van der Waals surface area contributed by atoms with Crippen molar-refractivity contribution in [3.8, 4) is 0 Å². The van der Waals surface area contributed by atoms with Crippen LogP contribution < -0.4 is 0 Å². The molecule has 1 atom stereocenters. The van der Waals surface area contributed by atoms with E-state index in [1.54, 1.807) is 4.90 Å². The number of rotatable bonds is 3. The van der Waals surface area contributed by atoms with Crippen molar-refractivity contribution in [2.75, 3.05) is 13.2 Å². The quantitative estimate of drug-likeness (QED) is 0.735. The molecule has 2 heterocycles. The number of allylic oxidation sites excluding steroid dienone is 1. The molecule has 1 amide bonds. The fourth-order valence-electron chi connectivity index (χ4n) is 3.05. The van der Waals surface area contributed by atoms with Crippen LogP contribution in [0, 0.1) is 6.92 Å². The van der Waals surface area contributed by atoms with Crippen molar-refractivity contribution in [1.29, 1.82) is 0 Å². The summed E-state index contributed by atoms with van der Waals surface area (Å²) < 4.78 is 13.0. The lowest BCUT2D eigenvalue weighted by atomic mass is 9.86. The van der Waals surface area contributed by atoms with Crippen molar-refractivity contribution >= 4 is 28.8 Å². The van der Waals surface area contributed by atoms with E-state index >= 15 is 0 Å². The van der Waals surface area contributed by atoms with Gasteiger partial charge in [0.25, 0.3) is 0 Å². The third kappa shape index (κ3) is 3.33. The van der Waals surface area contributed by atoms with Gasteiger partial charge in [0.05, 0.1) is 10.9 Å². The monoisotopic (exact) mass is 349 g/mol. The van der Waals surface area contributed by atoms with Crippen molar-refractivity contribution in [2.24, 2.45) is 0 Å². The Morgan fingerprint density at radius 2 is 2.22 bits per heavy atom. The number of fused-ring (bicyclic) bond motifs is 1. The van der Waals surface area contributed by atoms with Gasteiger partial charge >= 0.3 is 0 Å². The van der Waals surface area contributed by atoms with Crippen LogP contribution >= 0.6 is 22.9 Å². The summed E-state index contributed by atoms with van der Waals surface area (Å²) in [4.78, 5) is 15.1. The molecule has 0 saturated carbocycles. The fraction of sp³-hybridized carbons (Fsp3) is 0.278. The summed E-state index contributed by atoms with van der Waals surface area (Å²) in [6.07, 6.45) is 2.57. The Bertz CT molecular complexity index is 755. The van der Waals surface area contributed by atoms with Crippen LogP contribution in [0.1, 0.15) is 27.5 Å². The smallest absolute Gasteiger partial charge is 0.246 e. The van der Waals surface area contributed by atoms with Crippen LogP contribution in [0.5, 0.6) is 0 Å². The van der Waals surface area contributed by atoms with Crippen molar-refractivity contribution < 1.29 is 9.18 Å². The van der Waals surface area contributed by atoms with Gasteiger partial charge in [-0.25, -0.2) is 4.39 Å². The van der Waals surface area contributed by atoms with Crippen LogP contribution in [-0.4, -0.2) is 24.0 Å². The zero-order chi connectivity index (χ0) is 16.4. The Balaban J connectivity index is 1.99. The second-order valence-corrected chi connectivity index (χ2v) is 7.38. The van der Waals surface area contributed by atoms with Crippen molar-refractivity contribution in [3.05, 3.63) is 68.4 Å². The summed E-state index contributed by atoms with van der Waals surface area (Å²) in [6.45, 7) is 2.56. The van der Waals surface area contributed by atoms with Crippen LogP contribution in [-0.2, 0) is 11.3 Å². The van der Waals surface area contributed by atoms with Crippen LogP contribution in [0.15, 0.2) is 42.5 Å². The van der Waals surface area contributed by atoms with Crippen LogP contribution in [0.2, 0.25) is 4.34 Å². The zero-order valence-electron chi connectivity index (χ0n) is 12.8. The Hall–Kier alpha value is -1.65. The van der Waals surface area contributed by atoms with Crippen molar-refractivity contribution in [2.45, 2.75) is 19.4 Å². The molecule has 2 aromatic rings. The standard InChI is InChI=1S/C18H17ClFNOS/c1-12-5-2-3-6-13(12)15-10-21(18(22)7-4-8-20)11-16-14(15)9-17(19)23-16/h2-7,9,15H,8,10-11H2,1H3/b7-4+/t15-/m1/s1. The largest absolute Gasteiger partial charge is 0.333 e. The van der Waals surface area contributed by atoms with E-state index in [0.29, 0.717) is 13.1 Å². The molecule has 0 bridgehead atoms. The number of hydrogen-bond acceptors (Lipinski definition) is 2. The first-order chi connectivity index (χ1) is 11.1. The average molecular weight is 350 g/mol. The zero-order valence-corrected chi connectivity index (χ0v) is 14.3. The fourth-order valence-corrected chi connectivity index (χ4v) is 4.40. The third-order valence-corrected chi connectivity index (χ3v) is 5.41. The number of halogens is 2. The van der Waals surface area contributed by atoms with Gasteiger partial charge in [0.15, 0.2) is 0 Å². The summed E-state index contributed by atoms with van der Waals surface area (Å²) in [5, 5.41) is 0. The predicted octanol–water partition coefficient (Wildman–Crippen LogP) is 4.71. The van der Waals surface area contributed by atoms with Gasteiger partial charge in [-0.1, -0.05) is 35.9 Å². The van der Waals surface area contributed by atoms with Gasteiger partial charge in [-0.3, -0.25) is 4.79 Å². The predicted molar refractivity (Wildman–Crippen MR) is 92.9 cm³/mol. The maximum absolute atomic E-state index is 12.3. The van der Waals surface area contributed by atoms with E-state index in [1.165, 1.54) is 40.2 Å². The minimum atomic E-state index is -0.628. The third-order valence-electron chi connectivity index (χ3n) is 4.15. The van der Waals surface area contributed by atoms with Crippen LogP contribution in [0.4, 0.5) is 4.39 Å². The number of nitrogens with zero attached hydrogens (tertiary/aromatic N) is 1. The molecule has 1 aliphatic rings. The highest BCUT2D eigenvalue weighted by molar-refractivity contribution is 7.16. The van der Waals surface area contributed by atoms with Gasteiger partial charge in [-0.05, 0) is 35.8 Å². The molecule has 0 saturated heterocycles. The number of alkyl halides is 1. The van der Waals surface area contributed by atoms with E-state index in [0.717, 1.165) is 9.21 Å². The molecule has 3 rings (SSSR count). The highest BCUT2D eigenvalue weighted by Gasteiger charge is 2.30. The number of benzene rings is 1. The summed E-state index contributed by atoms with van der Waals surface area (Å²) in [6, 6.07) is 10.2. The molecule has 0 radical (unpaired) electrons. The van der Waals surface area contributed by atoms with Crippen LogP contribution in [0.25, 0.3) is 0 Å². The number of amides is 1. The Kier molecular flexibility index (Phi) is 4.83. The molecule has 5 heteroatoms. The minimum absolute atomic E-state index is 0.103. The van der Waals surface area contributed by atoms with Gasteiger partial charge in [0, 0.05) is 23.4 Å². The topological polar surface area (TPSA) is 20.3 Å². The molecule has 1 aliphatic heterocycles. The second-order valence-electron chi connectivity index (χ2n) is 5.61. The molecule has 2 nitrogen and oxygen atoms in total. The molecule has 0 fully saturated rings. The number of hydrogen-bond donors (Lipinski definition) is 0. The molecule has 23 heavy (non-hydrogen) atoms. The summed E-state index contributed by atoms with van der Waals surface area (Å²) in [7, 11) is 0. The Morgan fingerprint density at radius 1 is 1.43 bits per heavy atom. The highest BCUT2D eigenvalue weighted by atomic mass is 35.5. The molecule has 1 aromatic carbocycles. The van der Waals surface area contributed by atoms with E-state index < -0.39 is 6.67 Å². The Labute approximate surface area is 144 Å². The van der Waals surface area contributed by atoms with Gasteiger partial charge < -0.3 is 4.90 Å². The number of carbonyl (C=O) groups is 1. The SMILES string of the molecule is Cc1ccccc1[C@H]1CN(C(=O)/C=C/CF)Cc2sc(Cl)cc21. The highest BCUT2D eigenvalue weighted by Crippen LogP contribution is 2.40. The normalized spacial score (nSPS) is 17.5. The lowest BCUT2D eigenvalue weighted by Gasteiger charge is -2.33. The molecule has 0 spiro atoms. The number of carbonyl (C=O) groups excluding carboxylic acids is 1. The number of thiophene rings is 1. The molecule has 0 aliphatic carbocycles. The lowest BCUT2D eigenvalue weighted by molar-refractivity contribution is -0.127. The minimum Gasteiger partial charge on any atom is -0.333 e. The molecule has 120 valence electrons. The summed E-state index contributed by atoms with van der Waals surface area (Å²) >= 11 is 7.72. The van der Waals surface area contributed by atoms with E-state index in [2.05, 4.69) is 19.1 Å². The van der Waals surface area contributed by atoms with Crippen molar-refractivity contribution in [3.63, 3.8) is 0 Å². The number of aryl methyl sites for hydroxylation is 1. The van der Waals surface area contributed by atoms with Gasteiger partial charge in [-0.2, -0.15) is 0 Å². The first-order valence-electron chi connectivity index (χ1n) is 7.45. The molecule has 0 N–H and O–H groups in total. The Morgan fingerprint density at radius 3 is 2.96 bits per heavy atom. The first kappa shape index (κ1) is 16.2. The second kappa shape index (κ2) is 6.85. The van der Waals surface area contributed by atoms with Gasteiger partial charge in [-0.15, -0.1) is 11.3 Å². The lowest BCUT2D eigenvalue weighted by Crippen LogP contribution is -2.37. The van der Waals surface area contributed by atoms with Gasteiger partial charge in [0.2, 0.25) is 5.91 Å². The molecule has 0 unspecified atom stereocenters. The maximum Gasteiger partial charge on any atom is 0.246 e. The van der Waals surface area contributed by atoms with Gasteiger partial charge in [0.1, 0.15) is 6.67 Å². The van der Waals surface area contributed by atoms with E-state index in [-0.39, 0.29) is 11.8 Å². The molecule has 1 aromatic heterocycles. The average Bonchev–Trinajstić information content (AvgIpc) is 2.92. The van der Waals surface area contributed by atoms with Crippen molar-refractivity contribution in [1.82, 2.24) is 4.90 Å². The molecular formula is C18H17ClFNOS. The maximum atomic E-state index is 12.3. The summed E-state index contributed by atoms with van der Waals surface area (Å²) in [5.74, 6) is -0.0529. The molecular weight excluding hydrogens is 333 g/mol. The first-order valence-corrected chi connectivity index (χ1v) is 8.64. The summed E-state index contributed by atoms with van der Waals surface area (Å²) in [5.41, 5.74) is 3.60. The van der Waals surface area contributed by atoms with E-state index in [9.17, 15) is 9.18 Å². The van der Waals surface area contributed by atoms with E-state index in [4.69, 9.17) is 11.6 Å². The van der Waals surface area contributed by atoms with Crippen LogP contribution in [0.3, 0.4) is 0 Å².